The van der Waals surface area contributed by atoms with Crippen molar-refractivity contribution in [1.29, 1.82) is 0 Å². The van der Waals surface area contributed by atoms with Crippen LogP contribution in [0.1, 0.15) is 45.4 Å². The normalized spacial score (nSPS) is 17.6. The monoisotopic (exact) mass is 267 g/mol. The largest absolute Gasteiger partial charge is 0.466 e. The van der Waals surface area contributed by atoms with E-state index in [0.717, 1.165) is 6.42 Å². The van der Waals surface area contributed by atoms with E-state index < -0.39 is 11.7 Å². The third kappa shape index (κ3) is 4.48. The van der Waals surface area contributed by atoms with E-state index in [9.17, 15) is 18.0 Å². The summed E-state index contributed by atoms with van der Waals surface area (Å²) in [6.07, 6.45) is -1.38. The third-order valence-corrected chi connectivity index (χ3v) is 3.12. The quantitative estimate of drug-likeness (QED) is 0.543. The number of esters is 1. The molecule has 1 saturated carbocycles. The molecule has 1 aliphatic carbocycles. The minimum Gasteiger partial charge on any atom is -0.466 e. The lowest BCUT2D eigenvalue weighted by molar-refractivity contribution is -0.165. The van der Waals surface area contributed by atoms with Crippen molar-refractivity contribution in [3.8, 4) is 0 Å². The molecule has 0 heterocycles. The Labute approximate surface area is 105 Å². The number of unbranched alkanes of at least 4 members (excludes halogenated alkanes) is 2. The van der Waals surface area contributed by atoms with Crippen LogP contribution in [0.2, 0.25) is 0 Å². The highest BCUT2D eigenvalue weighted by Crippen LogP contribution is 2.48. The van der Waals surface area contributed by atoms with Gasteiger partial charge in [0, 0.05) is 6.42 Å². The summed E-state index contributed by atoms with van der Waals surface area (Å²) in [6, 6.07) is 0. The minimum absolute atomic E-state index is 0.180. The topological polar surface area (TPSA) is 38.3 Å². The van der Waals surface area contributed by atoms with Crippen molar-refractivity contribution in [2.45, 2.75) is 57.2 Å². The van der Waals surface area contributed by atoms with E-state index in [-0.39, 0.29) is 18.8 Å². The van der Waals surface area contributed by atoms with Crippen LogP contribution in [-0.2, 0) is 9.53 Å². The van der Waals surface area contributed by atoms with Crippen LogP contribution in [0.3, 0.4) is 0 Å². The Morgan fingerprint density at radius 1 is 1.28 bits per heavy atom. The summed E-state index contributed by atoms with van der Waals surface area (Å²) in [5.41, 5.74) is -1.62. The van der Waals surface area contributed by atoms with Crippen molar-refractivity contribution in [3.05, 3.63) is 0 Å². The predicted octanol–water partition coefficient (Wildman–Crippen LogP) is 2.79. The lowest BCUT2D eigenvalue weighted by atomic mass is 10.2. The van der Waals surface area contributed by atoms with E-state index in [4.69, 9.17) is 4.74 Å². The number of rotatable bonds is 8. The first-order valence-electron chi connectivity index (χ1n) is 6.39. The molecule has 0 radical (unpaired) electrons. The SMILES string of the molecule is CCOC(=O)CCCCCNC1(C(F)(F)F)CC1. The number of hydrogen-bond acceptors (Lipinski definition) is 3. The number of carbonyl (C=O) groups excluding carboxylic acids is 1. The van der Waals surface area contributed by atoms with E-state index in [1.807, 2.05) is 0 Å². The molecular weight excluding hydrogens is 247 g/mol. The van der Waals surface area contributed by atoms with Gasteiger partial charge in [0.25, 0.3) is 0 Å². The molecule has 0 aromatic rings. The second-order valence-electron chi connectivity index (χ2n) is 4.62. The fourth-order valence-electron chi connectivity index (χ4n) is 1.82. The molecule has 0 aliphatic heterocycles. The molecule has 0 atom stereocenters. The van der Waals surface area contributed by atoms with Gasteiger partial charge in [-0.3, -0.25) is 4.79 Å². The molecule has 0 aromatic heterocycles. The first kappa shape index (κ1) is 15.3. The predicted molar refractivity (Wildman–Crippen MR) is 61.1 cm³/mol. The third-order valence-electron chi connectivity index (χ3n) is 3.12. The Kier molecular flexibility index (Phi) is 5.44. The summed E-state index contributed by atoms with van der Waals surface area (Å²) in [5, 5.41) is 2.58. The average molecular weight is 267 g/mol. The highest BCUT2D eigenvalue weighted by Gasteiger charge is 2.62. The Morgan fingerprint density at radius 2 is 1.94 bits per heavy atom. The zero-order valence-electron chi connectivity index (χ0n) is 10.6. The summed E-state index contributed by atoms with van der Waals surface area (Å²) in [6.45, 7) is 2.46. The van der Waals surface area contributed by atoms with E-state index in [2.05, 4.69) is 5.32 Å². The molecular formula is C12H20F3NO2. The molecule has 6 heteroatoms. The fourth-order valence-corrected chi connectivity index (χ4v) is 1.82. The average Bonchev–Trinajstić information content (AvgIpc) is 3.04. The van der Waals surface area contributed by atoms with Crippen molar-refractivity contribution in [3.63, 3.8) is 0 Å². The Hall–Kier alpha value is -0.780. The molecule has 0 saturated heterocycles. The van der Waals surface area contributed by atoms with Crippen LogP contribution in [0, 0.1) is 0 Å². The van der Waals surface area contributed by atoms with Crippen LogP contribution in [0.5, 0.6) is 0 Å². The van der Waals surface area contributed by atoms with E-state index in [1.165, 1.54) is 0 Å². The lowest BCUT2D eigenvalue weighted by Gasteiger charge is -2.20. The van der Waals surface area contributed by atoms with Crippen molar-refractivity contribution < 1.29 is 22.7 Å². The van der Waals surface area contributed by atoms with Crippen LogP contribution in [0.4, 0.5) is 13.2 Å². The maximum atomic E-state index is 12.5. The van der Waals surface area contributed by atoms with Crippen molar-refractivity contribution in [2.75, 3.05) is 13.2 Å². The minimum atomic E-state index is -4.14. The summed E-state index contributed by atoms with van der Waals surface area (Å²) < 4.78 is 42.4. The van der Waals surface area contributed by atoms with Gasteiger partial charge in [-0.15, -0.1) is 0 Å². The van der Waals surface area contributed by atoms with Gasteiger partial charge in [0.05, 0.1) is 6.61 Å². The van der Waals surface area contributed by atoms with Gasteiger partial charge in [0.15, 0.2) is 0 Å². The van der Waals surface area contributed by atoms with Gasteiger partial charge in [-0.2, -0.15) is 13.2 Å². The Balaban J connectivity index is 2.01. The molecule has 0 aromatic carbocycles. The standard InChI is InChI=1S/C12H20F3NO2/c1-2-18-10(17)6-4-3-5-9-16-11(7-8-11)12(13,14)15/h16H,2-9H2,1H3. The molecule has 0 bridgehead atoms. The molecule has 0 amide bonds. The van der Waals surface area contributed by atoms with Crippen LogP contribution in [-0.4, -0.2) is 30.8 Å². The molecule has 106 valence electrons. The fraction of sp³-hybridized carbons (Fsp3) is 0.917. The summed E-state index contributed by atoms with van der Waals surface area (Å²) in [5.74, 6) is -0.237. The van der Waals surface area contributed by atoms with Gasteiger partial charge in [-0.25, -0.2) is 0 Å². The zero-order chi connectivity index (χ0) is 13.6. The molecule has 0 spiro atoms. The first-order valence-corrected chi connectivity index (χ1v) is 6.39. The molecule has 1 fully saturated rings. The molecule has 1 rings (SSSR count). The maximum Gasteiger partial charge on any atom is 0.406 e. The van der Waals surface area contributed by atoms with Crippen molar-refractivity contribution in [2.24, 2.45) is 0 Å². The number of halogens is 3. The van der Waals surface area contributed by atoms with Gasteiger partial charge >= 0.3 is 12.1 Å². The maximum absolute atomic E-state index is 12.5. The van der Waals surface area contributed by atoms with Crippen LogP contribution in [0.15, 0.2) is 0 Å². The van der Waals surface area contributed by atoms with Gasteiger partial charge in [-0.05, 0) is 39.2 Å². The number of alkyl halides is 3. The second-order valence-corrected chi connectivity index (χ2v) is 4.62. The van der Waals surface area contributed by atoms with Crippen LogP contribution in [0.25, 0.3) is 0 Å². The van der Waals surface area contributed by atoms with Crippen molar-refractivity contribution >= 4 is 5.97 Å². The molecule has 18 heavy (non-hydrogen) atoms. The van der Waals surface area contributed by atoms with Crippen molar-refractivity contribution in [1.82, 2.24) is 5.32 Å². The van der Waals surface area contributed by atoms with E-state index >= 15 is 0 Å². The smallest absolute Gasteiger partial charge is 0.406 e. The highest BCUT2D eigenvalue weighted by molar-refractivity contribution is 5.69. The van der Waals surface area contributed by atoms with Gasteiger partial charge < -0.3 is 10.1 Å². The number of hydrogen-bond donors (Lipinski definition) is 1. The lowest BCUT2D eigenvalue weighted by Crippen LogP contribution is -2.45. The molecule has 1 N–H and O–H groups in total. The zero-order valence-corrected chi connectivity index (χ0v) is 10.6. The molecule has 0 unspecified atom stereocenters. The first-order chi connectivity index (χ1) is 8.41. The number of ether oxygens (including phenoxy) is 1. The second kappa shape index (κ2) is 6.41. The highest BCUT2D eigenvalue weighted by atomic mass is 19.4. The van der Waals surface area contributed by atoms with Gasteiger partial charge in [-0.1, -0.05) is 6.42 Å². The Bertz CT molecular complexity index is 275. The Morgan fingerprint density at radius 3 is 2.44 bits per heavy atom. The summed E-state index contributed by atoms with van der Waals surface area (Å²) in [4.78, 5) is 11.0. The van der Waals surface area contributed by atoms with E-state index in [0.29, 0.717) is 32.4 Å². The van der Waals surface area contributed by atoms with Gasteiger partial charge in [0.1, 0.15) is 5.54 Å². The molecule has 3 nitrogen and oxygen atoms in total. The number of carbonyl (C=O) groups is 1. The number of nitrogens with one attached hydrogen (secondary N) is 1. The summed E-state index contributed by atoms with van der Waals surface area (Å²) in [7, 11) is 0. The summed E-state index contributed by atoms with van der Waals surface area (Å²) >= 11 is 0. The van der Waals surface area contributed by atoms with Crippen LogP contribution >= 0.6 is 0 Å². The van der Waals surface area contributed by atoms with E-state index in [1.54, 1.807) is 6.92 Å². The molecule has 1 aliphatic rings. The van der Waals surface area contributed by atoms with Gasteiger partial charge in [0.2, 0.25) is 0 Å². The van der Waals surface area contributed by atoms with Crippen LogP contribution < -0.4 is 5.32 Å².